The van der Waals surface area contributed by atoms with Gasteiger partial charge in [0.05, 0.1) is 29.1 Å². The molecule has 148 valence electrons. The fourth-order valence-corrected chi connectivity index (χ4v) is 5.53. The van der Waals surface area contributed by atoms with Crippen LogP contribution in [0, 0.1) is 6.92 Å². The molecule has 8 nitrogen and oxygen atoms in total. The third-order valence-corrected chi connectivity index (χ3v) is 7.32. The average Bonchev–Trinajstić information content (AvgIpc) is 3.33. The van der Waals surface area contributed by atoms with Crippen LogP contribution in [0.25, 0.3) is 11.5 Å². The van der Waals surface area contributed by atoms with Gasteiger partial charge < -0.3 is 13.7 Å². The predicted octanol–water partition coefficient (Wildman–Crippen LogP) is 2.54. The molecule has 0 aromatic carbocycles. The predicted molar refractivity (Wildman–Crippen MR) is 101 cm³/mol. The van der Waals surface area contributed by atoms with Gasteiger partial charge in [0, 0.05) is 12.1 Å². The van der Waals surface area contributed by atoms with E-state index in [9.17, 15) is 13.2 Å². The fourth-order valence-electron chi connectivity index (χ4n) is 3.18. The molecule has 0 unspecified atom stereocenters. The van der Waals surface area contributed by atoms with Crippen molar-refractivity contribution in [3.63, 3.8) is 0 Å². The second-order valence-electron chi connectivity index (χ2n) is 6.67. The van der Waals surface area contributed by atoms with Crippen LogP contribution in [-0.2, 0) is 14.6 Å². The molecule has 3 rings (SSSR count). The summed E-state index contributed by atoms with van der Waals surface area (Å²) in [6.45, 7) is 5.73. The SMILES string of the molecule is CC[C@H](C)N(C(=O)CSc1nnc(-c2ccoc2C)o1)[C@H]1CCS(=O)(=O)C1. The number of carbonyl (C=O) groups excluding carboxylic acids is 1. The summed E-state index contributed by atoms with van der Waals surface area (Å²) in [4.78, 5) is 14.5. The van der Waals surface area contributed by atoms with Gasteiger partial charge in [0.15, 0.2) is 9.84 Å². The van der Waals surface area contributed by atoms with Crippen molar-refractivity contribution in [3.05, 3.63) is 18.1 Å². The van der Waals surface area contributed by atoms with E-state index in [4.69, 9.17) is 8.83 Å². The minimum atomic E-state index is -3.06. The van der Waals surface area contributed by atoms with Gasteiger partial charge in [-0.15, -0.1) is 10.2 Å². The van der Waals surface area contributed by atoms with Crippen molar-refractivity contribution < 1.29 is 22.0 Å². The summed E-state index contributed by atoms with van der Waals surface area (Å²) in [7, 11) is -3.06. The largest absolute Gasteiger partial charge is 0.469 e. The summed E-state index contributed by atoms with van der Waals surface area (Å²) in [5.74, 6) is 1.21. The maximum absolute atomic E-state index is 12.8. The highest BCUT2D eigenvalue weighted by Gasteiger charge is 2.36. The van der Waals surface area contributed by atoms with Crippen LogP contribution in [-0.4, -0.2) is 58.8 Å². The Morgan fingerprint density at radius 2 is 2.22 bits per heavy atom. The van der Waals surface area contributed by atoms with E-state index in [-0.39, 0.29) is 35.2 Å². The Balaban J connectivity index is 1.66. The number of aromatic nitrogens is 2. The lowest BCUT2D eigenvalue weighted by atomic mass is 10.1. The third kappa shape index (κ3) is 4.55. The Morgan fingerprint density at radius 1 is 1.44 bits per heavy atom. The summed E-state index contributed by atoms with van der Waals surface area (Å²) < 4.78 is 34.5. The summed E-state index contributed by atoms with van der Waals surface area (Å²) in [6.07, 6.45) is 2.80. The van der Waals surface area contributed by atoms with E-state index in [0.29, 0.717) is 23.3 Å². The molecule has 1 amide bonds. The van der Waals surface area contributed by atoms with E-state index >= 15 is 0 Å². The molecule has 10 heteroatoms. The molecular weight excluding hydrogens is 390 g/mol. The van der Waals surface area contributed by atoms with Gasteiger partial charge in [-0.05, 0) is 32.8 Å². The molecule has 0 aliphatic carbocycles. The van der Waals surface area contributed by atoms with Crippen LogP contribution in [0.5, 0.6) is 0 Å². The molecular formula is C17H23N3O5S2. The molecule has 2 atom stereocenters. The van der Waals surface area contributed by atoms with Crippen LogP contribution in [0.15, 0.2) is 26.4 Å². The van der Waals surface area contributed by atoms with Crippen molar-refractivity contribution in [2.75, 3.05) is 17.3 Å². The number of sulfone groups is 1. The van der Waals surface area contributed by atoms with Crippen molar-refractivity contribution in [3.8, 4) is 11.5 Å². The Kier molecular flexibility index (Phi) is 5.95. The standard InChI is InChI=1S/C17H23N3O5S2/c1-4-11(2)20(13-6-8-27(22,23)10-13)15(21)9-26-17-19-18-16(25-17)14-5-7-24-12(14)3/h5,7,11,13H,4,6,8-10H2,1-3H3/t11-,13-/m0/s1. The zero-order valence-corrected chi connectivity index (χ0v) is 17.2. The highest BCUT2D eigenvalue weighted by Crippen LogP contribution is 2.27. The Labute approximate surface area is 162 Å². The van der Waals surface area contributed by atoms with E-state index in [0.717, 1.165) is 23.7 Å². The van der Waals surface area contributed by atoms with Crippen molar-refractivity contribution >= 4 is 27.5 Å². The number of amides is 1. The maximum Gasteiger partial charge on any atom is 0.277 e. The second-order valence-corrected chi connectivity index (χ2v) is 9.82. The monoisotopic (exact) mass is 413 g/mol. The highest BCUT2D eigenvalue weighted by atomic mass is 32.2. The van der Waals surface area contributed by atoms with E-state index in [1.807, 2.05) is 13.8 Å². The molecule has 3 heterocycles. The van der Waals surface area contributed by atoms with Crippen LogP contribution >= 0.6 is 11.8 Å². The fraction of sp³-hybridized carbons (Fsp3) is 0.588. The molecule has 2 aromatic heterocycles. The minimum absolute atomic E-state index is 0.0248. The molecule has 0 N–H and O–H groups in total. The van der Waals surface area contributed by atoms with Gasteiger partial charge in [-0.1, -0.05) is 18.7 Å². The smallest absolute Gasteiger partial charge is 0.277 e. The van der Waals surface area contributed by atoms with E-state index < -0.39 is 9.84 Å². The number of thioether (sulfide) groups is 1. The van der Waals surface area contributed by atoms with E-state index in [1.54, 1.807) is 24.2 Å². The normalized spacial score (nSPS) is 19.9. The lowest BCUT2D eigenvalue weighted by Gasteiger charge is -2.33. The topological polar surface area (TPSA) is 107 Å². The Hall–Kier alpha value is -1.81. The molecule has 27 heavy (non-hydrogen) atoms. The van der Waals surface area contributed by atoms with Crippen LogP contribution in [0.3, 0.4) is 0 Å². The number of hydrogen-bond acceptors (Lipinski definition) is 8. The zero-order chi connectivity index (χ0) is 19.6. The van der Waals surface area contributed by atoms with Crippen LogP contribution < -0.4 is 0 Å². The molecule has 1 aliphatic heterocycles. The van der Waals surface area contributed by atoms with Crippen molar-refractivity contribution in [2.45, 2.75) is 50.9 Å². The van der Waals surface area contributed by atoms with Gasteiger partial charge in [0.1, 0.15) is 5.76 Å². The summed E-state index contributed by atoms with van der Waals surface area (Å²) >= 11 is 1.16. The van der Waals surface area contributed by atoms with Gasteiger partial charge in [-0.25, -0.2) is 8.42 Å². The first kappa shape index (κ1) is 19.9. The third-order valence-electron chi connectivity index (χ3n) is 4.77. The Morgan fingerprint density at radius 3 is 2.81 bits per heavy atom. The Bertz CT molecular complexity index is 905. The molecule has 0 radical (unpaired) electrons. The number of rotatable bonds is 7. The number of nitrogens with zero attached hydrogens (tertiary/aromatic N) is 3. The van der Waals surface area contributed by atoms with Crippen molar-refractivity contribution in [1.29, 1.82) is 0 Å². The molecule has 1 saturated heterocycles. The second kappa shape index (κ2) is 8.05. The van der Waals surface area contributed by atoms with Crippen LogP contribution in [0.2, 0.25) is 0 Å². The van der Waals surface area contributed by atoms with Crippen molar-refractivity contribution in [1.82, 2.24) is 15.1 Å². The quantitative estimate of drug-likeness (QED) is 0.638. The molecule has 0 spiro atoms. The number of carbonyl (C=O) groups is 1. The van der Waals surface area contributed by atoms with Crippen molar-refractivity contribution in [2.24, 2.45) is 0 Å². The number of furan rings is 1. The van der Waals surface area contributed by atoms with E-state index in [2.05, 4.69) is 10.2 Å². The first-order valence-corrected chi connectivity index (χ1v) is 11.6. The summed E-state index contributed by atoms with van der Waals surface area (Å²) in [5, 5.41) is 8.25. The first-order valence-electron chi connectivity index (χ1n) is 8.83. The first-order chi connectivity index (χ1) is 12.8. The highest BCUT2D eigenvalue weighted by molar-refractivity contribution is 7.99. The molecule has 2 aromatic rings. The lowest BCUT2D eigenvalue weighted by Crippen LogP contribution is -2.47. The summed E-state index contributed by atoms with van der Waals surface area (Å²) in [6, 6.07) is 1.46. The minimum Gasteiger partial charge on any atom is -0.469 e. The molecule has 0 bridgehead atoms. The zero-order valence-electron chi connectivity index (χ0n) is 15.5. The van der Waals surface area contributed by atoms with Gasteiger partial charge in [-0.3, -0.25) is 4.79 Å². The summed E-state index contributed by atoms with van der Waals surface area (Å²) in [5.41, 5.74) is 0.720. The number of aryl methyl sites for hydroxylation is 1. The van der Waals surface area contributed by atoms with Gasteiger partial charge >= 0.3 is 0 Å². The molecule has 0 saturated carbocycles. The molecule has 1 fully saturated rings. The van der Waals surface area contributed by atoms with Gasteiger partial charge in [-0.2, -0.15) is 0 Å². The van der Waals surface area contributed by atoms with Gasteiger partial charge in [0.2, 0.25) is 5.91 Å². The number of hydrogen-bond donors (Lipinski definition) is 0. The molecule has 1 aliphatic rings. The van der Waals surface area contributed by atoms with Crippen LogP contribution in [0.4, 0.5) is 0 Å². The van der Waals surface area contributed by atoms with E-state index in [1.165, 1.54) is 0 Å². The maximum atomic E-state index is 12.8. The lowest BCUT2D eigenvalue weighted by molar-refractivity contribution is -0.132. The van der Waals surface area contributed by atoms with Crippen LogP contribution in [0.1, 0.15) is 32.4 Å². The van der Waals surface area contributed by atoms with Gasteiger partial charge in [0.25, 0.3) is 11.1 Å². The average molecular weight is 414 g/mol.